The van der Waals surface area contributed by atoms with Crippen LogP contribution in [0.3, 0.4) is 0 Å². The standard InChI is InChI=1S/C52H66F4O/c1-9-10-11-37-46(53)48(55)44(49(56)47(37)54)43-39(28(4)5)20-38(27(2)3)42(41(43)29(6)7)36-12-13-40(51-21-30-14-31(22-51)16-32(15-30)23-51)45(50(36)57-8)52-24-33-17-34(25-52)19-35(18-33)26-52/h12-13,20,27-35H,9-11,14-19,21-26H2,1-8H3. The lowest BCUT2D eigenvalue weighted by atomic mass is 9.44. The largest absolute Gasteiger partial charge is 0.496 e. The van der Waals surface area contributed by atoms with Crippen LogP contribution in [0.1, 0.15) is 189 Å². The van der Waals surface area contributed by atoms with Crippen LogP contribution in [-0.2, 0) is 17.3 Å². The molecule has 8 saturated carbocycles. The highest BCUT2D eigenvalue weighted by Gasteiger charge is 2.58. The van der Waals surface area contributed by atoms with Crippen molar-refractivity contribution in [3.63, 3.8) is 0 Å². The summed E-state index contributed by atoms with van der Waals surface area (Å²) in [6, 6.07) is 6.89. The maximum Gasteiger partial charge on any atom is 0.170 e. The quantitative estimate of drug-likeness (QED) is 0.139. The average Bonchev–Trinajstić information content (AvgIpc) is 3.15. The van der Waals surface area contributed by atoms with E-state index in [4.69, 9.17) is 4.74 Å². The van der Waals surface area contributed by atoms with Gasteiger partial charge < -0.3 is 4.74 Å². The molecule has 5 heteroatoms. The third kappa shape index (κ3) is 6.18. The first-order valence-corrected chi connectivity index (χ1v) is 23.0. The Labute approximate surface area is 340 Å². The van der Waals surface area contributed by atoms with Gasteiger partial charge in [-0.2, -0.15) is 0 Å². The number of hydrogen-bond donors (Lipinski definition) is 0. The minimum absolute atomic E-state index is 0.0459. The molecule has 1 nitrogen and oxygen atoms in total. The van der Waals surface area contributed by atoms with Crippen molar-refractivity contribution in [2.24, 2.45) is 35.5 Å². The molecule has 8 fully saturated rings. The van der Waals surface area contributed by atoms with Crippen molar-refractivity contribution in [3.05, 3.63) is 74.8 Å². The molecule has 0 aromatic heterocycles. The normalized spacial score (nSPS) is 31.1. The van der Waals surface area contributed by atoms with E-state index in [1.807, 2.05) is 27.9 Å². The Hall–Kier alpha value is -2.82. The van der Waals surface area contributed by atoms with Crippen LogP contribution in [0.15, 0.2) is 18.2 Å². The molecule has 0 heterocycles. The van der Waals surface area contributed by atoms with Gasteiger partial charge in [0.25, 0.3) is 0 Å². The van der Waals surface area contributed by atoms with E-state index in [-0.39, 0.29) is 35.0 Å². The fourth-order valence-corrected chi connectivity index (χ4v) is 15.1. The number of ether oxygens (including phenoxy) is 1. The van der Waals surface area contributed by atoms with E-state index in [1.165, 1.54) is 82.6 Å². The first-order chi connectivity index (χ1) is 27.2. The molecule has 8 aliphatic carbocycles. The fraction of sp³-hybridized carbons (Fsp3) is 0.654. The topological polar surface area (TPSA) is 9.23 Å². The first-order valence-electron chi connectivity index (χ1n) is 23.0. The number of methoxy groups -OCH3 is 1. The molecule has 0 amide bonds. The van der Waals surface area contributed by atoms with Gasteiger partial charge in [-0.15, -0.1) is 0 Å². The van der Waals surface area contributed by atoms with Crippen LogP contribution in [0.25, 0.3) is 22.3 Å². The third-order valence-corrected chi connectivity index (χ3v) is 16.4. The van der Waals surface area contributed by atoms with Crippen LogP contribution in [0.4, 0.5) is 17.6 Å². The van der Waals surface area contributed by atoms with Gasteiger partial charge >= 0.3 is 0 Å². The summed E-state index contributed by atoms with van der Waals surface area (Å²) in [5.41, 5.74) is 6.90. The Balaban J connectivity index is 1.36. The summed E-state index contributed by atoms with van der Waals surface area (Å²) in [6.07, 6.45) is 16.7. The summed E-state index contributed by atoms with van der Waals surface area (Å²) in [5.74, 6) is 0.195. The molecule has 3 aromatic carbocycles. The van der Waals surface area contributed by atoms with Gasteiger partial charge in [0, 0.05) is 22.1 Å². The van der Waals surface area contributed by atoms with Crippen LogP contribution in [0.5, 0.6) is 5.75 Å². The van der Waals surface area contributed by atoms with Gasteiger partial charge in [0.05, 0.1) is 12.7 Å². The van der Waals surface area contributed by atoms with E-state index in [9.17, 15) is 0 Å². The molecule has 0 saturated heterocycles. The van der Waals surface area contributed by atoms with Gasteiger partial charge in [-0.25, -0.2) is 17.6 Å². The summed E-state index contributed by atoms with van der Waals surface area (Å²) in [7, 11) is 1.85. The zero-order valence-electron chi connectivity index (χ0n) is 36.0. The number of rotatable bonds is 11. The number of unbranched alkanes of at least 4 members (excludes halogenated alkanes) is 1. The van der Waals surface area contributed by atoms with E-state index in [0.717, 1.165) is 69.1 Å². The molecule has 3 aromatic rings. The summed E-state index contributed by atoms with van der Waals surface area (Å²) < 4.78 is 72.5. The fourth-order valence-electron chi connectivity index (χ4n) is 15.1. The molecular weight excluding hydrogens is 717 g/mol. The van der Waals surface area contributed by atoms with Crippen molar-refractivity contribution in [3.8, 4) is 28.0 Å². The van der Waals surface area contributed by atoms with Crippen LogP contribution >= 0.6 is 0 Å². The van der Waals surface area contributed by atoms with Crippen molar-refractivity contribution < 1.29 is 22.3 Å². The van der Waals surface area contributed by atoms with Crippen LogP contribution < -0.4 is 4.74 Å². The highest BCUT2D eigenvalue weighted by molar-refractivity contribution is 5.88. The van der Waals surface area contributed by atoms with Gasteiger partial charge in [0.2, 0.25) is 0 Å². The lowest BCUT2D eigenvalue weighted by Crippen LogP contribution is -2.52. The SMILES string of the molecule is CCCCc1c(F)c(F)c(-c2c(C(C)C)cc(C(C)C)c(-c3ccc(C45CC6CC(CC(C6)C4)C5)c(C45CC6CC(CC(C6)C4)C5)c3OC)c2C(C)C)c(F)c1F. The molecule has 0 N–H and O–H groups in total. The molecule has 0 aliphatic heterocycles. The first kappa shape index (κ1) is 39.6. The molecule has 0 spiro atoms. The minimum atomic E-state index is -1.29. The summed E-state index contributed by atoms with van der Waals surface area (Å²) in [4.78, 5) is 0. The Morgan fingerprint density at radius 1 is 0.596 bits per heavy atom. The van der Waals surface area contributed by atoms with E-state index in [2.05, 4.69) is 45.9 Å². The molecule has 0 atom stereocenters. The molecule has 57 heavy (non-hydrogen) atoms. The monoisotopic (exact) mass is 783 g/mol. The van der Waals surface area contributed by atoms with Gasteiger partial charge in [-0.05, 0) is 182 Å². The number of hydrogen-bond acceptors (Lipinski definition) is 1. The summed E-state index contributed by atoms with van der Waals surface area (Å²) >= 11 is 0. The predicted octanol–water partition coefficient (Wildman–Crippen LogP) is 15.2. The molecule has 8 aliphatic rings. The number of halogens is 4. The summed E-state index contributed by atoms with van der Waals surface area (Å²) in [5, 5.41) is 0. The van der Waals surface area contributed by atoms with Crippen molar-refractivity contribution >= 4 is 0 Å². The zero-order chi connectivity index (χ0) is 40.3. The van der Waals surface area contributed by atoms with Crippen LogP contribution in [0, 0.1) is 58.8 Å². The third-order valence-electron chi connectivity index (χ3n) is 16.4. The lowest BCUT2D eigenvalue weighted by Gasteiger charge is -2.61. The minimum Gasteiger partial charge on any atom is -0.496 e. The van der Waals surface area contributed by atoms with Gasteiger partial charge in [-0.3, -0.25) is 0 Å². The highest BCUT2D eigenvalue weighted by atomic mass is 19.2. The van der Waals surface area contributed by atoms with Gasteiger partial charge in [-0.1, -0.05) is 73.1 Å². The molecule has 8 bridgehead atoms. The van der Waals surface area contributed by atoms with E-state index >= 15 is 17.6 Å². The second kappa shape index (κ2) is 14.4. The Bertz CT molecular complexity index is 1970. The van der Waals surface area contributed by atoms with Crippen molar-refractivity contribution in [1.82, 2.24) is 0 Å². The van der Waals surface area contributed by atoms with Crippen molar-refractivity contribution in [2.75, 3.05) is 7.11 Å². The average molecular weight is 783 g/mol. The van der Waals surface area contributed by atoms with E-state index in [1.54, 1.807) is 5.56 Å². The smallest absolute Gasteiger partial charge is 0.170 e. The van der Waals surface area contributed by atoms with E-state index < -0.39 is 34.4 Å². The second-order valence-corrected chi connectivity index (χ2v) is 21.4. The predicted molar refractivity (Wildman–Crippen MR) is 224 cm³/mol. The lowest BCUT2D eigenvalue weighted by molar-refractivity contribution is -0.0182. The van der Waals surface area contributed by atoms with Gasteiger partial charge in [0.1, 0.15) is 5.75 Å². The second-order valence-electron chi connectivity index (χ2n) is 21.4. The number of benzene rings is 3. The van der Waals surface area contributed by atoms with Crippen LogP contribution in [-0.4, -0.2) is 7.11 Å². The van der Waals surface area contributed by atoms with Crippen molar-refractivity contribution in [2.45, 2.75) is 173 Å². The molecular formula is C52H66F4O. The maximum absolute atomic E-state index is 16.7. The van der Waals surface area contributed by atoms with Crippen molar-refractivity contribution in [1.29, 1.82) is 0 Å². The Morgan fingerprint density at radius 2 is 1.05 bits per heavy atom. The van der Waals surface area contributed by atoms with Crippen LogP contribution in [0.2, 0.25) is 0 Å². The zero-order valence-corrected chi connectivity index (χ0v) is 36.0. The van der Waals surface area contributed by atoms with Gasteiger partial charge in [0.15, 0.2) is 23.3 Å². The molecule has 0 unspecified atom stereocenters. The van der Waals surface area contributed by atoms with E-state index in [0.29, 0.717) is 18.4 Å². The molecule has 308 valence electrons. The molecule has 11 rings (SSSR count). The Kier molecular flexibility index (Phi) is 10.0. The molecule has 0 radical (unpaired) electrons. The Morgan fingerprint density at radius 3 is 1.47 bits per heavy atom. The maximum atomic E-state index is 16.7. The summed E-state index contributed by atoms with van der Waals surface area (Å²) in [6.45, 7) is 14.4. The highest BCUT2D eigenvalue weighted by Crippen LogP contribution is 2.68.